The number of hydrogen-bond donors (Lipinski definition) is 3. The third kappa shape index (κ3) is 8.29. The highest BCUT2D eigenvalue weighted by Crippen LogP contribution is 2.10. The van der Waals surface area contributed by atoms with Crippen molar-refractivity contribution in [3.8, 4) is 0 Å². The molecule has 0 heterocycles. The van der Waals surface area contributed by atoms with Crippen LogP contribution in [0.4, 0.5) is 0 Å². The van der Waals surface area contributed by atoms with E-state index in [1.165, 1.54) is 0 Å². The van der Waals surface area contributed by atoms with E-state index in [0.29, 0.717) is 0 Å². The van der Waals surface area contributed by atoms with E-state index in [1.807, 2.05) is 0 Å². The number of carboxylic acid groups (broad SMARTS) is 1. The van der Waals surface area contributed by atoms with Gasteiger partial charge in [-0.05, 0) is 33.1 Å². The van der Waals surface area contributed by atoms with Gasteiger partial charge in [0.2, 0.25) is 5.91 Å². The van der Waals surface area contributed by atoms with Crippen molar-refractivity contribution >= 4 is 17.8 Å². The Bertz CT molecular complexity index is 387. The summed E-state index contributed by atoms with van der Waals surface area (Å²) in [5.41, 5.74) is 5.08. The van der Waals surface area contributed by atoms with Crippen LogP contribution in [0.3, 0.4) is 0 Å². The SMILES string of the molecule is CC(C)[C@@H](NC(=O)C(N)CCC(=O)OC(C)(C)C)C(=O)O. The van der Waals surface area contributed by atoms with Crippen LogP contribution in [0.2, 0.25) is 0 Å². The predicted molar refractivity (Wildman–Crippen MR) is 77.5 cm³/mol. The highest BCUT2D eigenvalue weighted by molar-refractivity contribution is 5.87. The van der Waals surface area contributed by atoms with Crippen molar-refractivity contribution in [3.05, 3.63) is 0 Å². The summed E-state index contributed by atoms with van der Waals surface area (Å²) in [5, 5.41) is 11.4. The van der Waals surface area contributed by atoms with Crippen LogP contribution in [0.25, 0.3) is 0 Å². The van der Waals surface area contributed by atoms with Gasteiger partial charge in [-0.15, -0.1) is 0 Å². The zero-order chi connectivity index (χ0) is 16.8. The quantitative estimate of drug-likeness (QED) is 0.594. The molecule has 0 aliphatic rings. The van der Waals surface area contributed by atoms with Crippen LogP contribution < -0.4 is 11.1 Å². The smallest absolute Gasteiger partial charge is 0.326 e. The van der Waals surface area contributed by atoms with Gasteiger partial charge in [0.15, 0.2) is 0 Å². The van der Waals surface area contributed by atoms with Crippen LogP contribution in [0.5, 0.6) is 0 Å². The maximum absolute atomic E-state index is 11.8. The molecular weight excluding hydrogens is 276 g/mol. The Hall–Kier alpha value is -1.63. The fraction of sp³-hybridized carbons (Fsp3) is 0.786. The molecule has 7 heteroatoms. The molecule has 0 bridgehead atoms. The average molecular weight is 302 g/mol. The van der Waals surface area contributed by atoms with Gasteiger partial charge in [-0.1, -0.05) is 13.8 Å². The van der Waals surface area contributed by atoms with E-state index in [2.05, 4.69) is 5.32 Å². The van der Waals surface area contributed by atoms with E-state index < -0.39 is 35.5 Å². The third-order valence-electron chi connectivity index (χ3n) is 2.65. The molecule has 0 aliphatic heterocycles. The molecule has 4 N–H and O–H groups in total. The zero-order valence-corrected chi connectivity index (χ0v) is 13.3. The minimum Gasteiger partial charge on any atom is -0.480 e. The Labute approximate surface area is 125 Å². The molecule has 0 aliphatic carbocycles. The van der Waals surface area contributed by atoms with Crippen molar-refractivity contribution in [3.63, 3.8) is 0 Å². The van der Waals surface area contributed by atoms with Crippen LogP contribution in [-0.4, -0.2) is 40.6 Å². The molecule has 0 radical (unpaired) electrons. The highest BCUT2D eigenvalue weighted by Gasteiger charge is 2.26. The summed E-state index contributed by atoms with van der Waals surface area (Å²) in [6.45, 7) is 8.61. The van der Waals surface area contributed by atoms with Gasteiger partial charge in [-0.3, -0.25) is 9.59 Å². The maximum atomic E-state index is 11.8. The lowest BCUT2D eigenvalue weighted by atomic mass is 10.0. The third-order valence-corrected chi connectivity index (χ3v) is 2.65. The zero-order valence-electron chi connectivity index (χ0n) is 13.3. The molecule has 0 saturated heterocycles. The Kier molecular flexibility index (Phi) is 7.35. The molecule has 1 unspecified atom stereocenters. The average Bonchev–Trinajstić information content (AvgIpc) is 2.29. The second-order valence-electron chi connectivity index (χ2n) is 6.30. The van der Waals surface area contributed by atoms with Gasteiger partial charge in [-0.25, -0.2) is 4.79 Å². The molecule has 1 amide bonds. The summed E-state index contributed by atoms with van der Waals surface area (Å²) >= 11 is 0. The number of carbonyl (C=O) groups is 3. The first kappa shape index (κ1) is 19.4. The topological polar surface area (TPSA) is 119 Å². The molecule has 0 saturated carbocycles. The van der Waals surface area contributed by atoms with Crippen LogP contribution in [0, 0.1) is 5.92 Å². The monoisotopic (exact) mass is 302 g/mol. The van der Waals surface area contributed by atoms with Crippen LogP contribution >= 0.6 is 0 Å². The van der Waals surface area contributed by atoms with Crippen molar-refractivity contribution in [1.82, 2.24) is 5.32 Å². The molecule has 0 rings (SSSR count). The summed E-state index contributed by atoms with van der Waals surface area (Å²) in [6.07, 6.45) is 0.108. The molecular formula is C14H26N2O5. The molecule has 0 aromatic carbocycles. The molecule has 0 aromatic rings. The largest absolute Gasteiger partial charge is 0.480 e. The van der Waals surface area contributed by atoms with Crippen LogP contribution in [0.1, 0.15) is 47.5 Å². The van der Waals surface area contributed by atoms with Gasteiger partial charge in [0.1, 0.15) is 11.6 Å². The molecule has 21 heavy (non-hydrogen) atoms. The summed E-state index contributed by atoms with van der Waals surface area (Å²) in [7, 11) is 0. The lowest BCUT2D eigenvalue weighted by Crippen LogP contribution is -2.50. The summed E-state index contributed by atoms with van der Waals surface area (Å²) in [5.74, 6) is -2.40. The normalized spacial score (nSPS) is 14.4. The molecule has 0 spiro atoms. The molecule has 122 valence electrons. The Morgan fingerprint density at radius 1 is 1.24 bits per heavy atom. The van der Waals surface area contributed by atoms with Crippen LogP contribution in [-0.2, 0) is 19.1 Å². The first-order chi connectivity index (χ1) is 9.44. The van der Waals surface area contributed by atoms with E-state index in [1.54, 1.807) is 34.6 Å². The maximum Gasteiger partial charge on any atom is 0.326 e. The van der Waals surface area contributed by atoms with Gasteiger partial charge in [0, 0.05) is 6.42 Å². The Balaban J connectivity index is 4.34. The van der Waals surface area contributed by atoms with Crippen molar-refractivity contribution in [2.75, 3.05) is 0 Å². The fourth-order valence-corrected chi connectivity index (χ4v) is 1.57. The number of carbonyl (C=O) groups excluding carboxylic acids is 2. The fourth-order valence-electron chi connectivity index (χ4n) is 1.57. The molecule has 0 fully saturated rings. The van der Waals surface area contributed by atoms with Crippen molar-refractivity contribution in [1.29, 1.82) is 0 Å². The standard InChI is InChI=1S/C14H26N2O5/c1-8(2)11(13(19)20)16-12(18)9(15)6-7-10(17)21-14(3,4)5/h8-9,11H,6-7,15H2,1-5H3,(H,16,18)(H,19,20)/t9?,11-/m1/s1. The number of hydrogen-bond acceptors (Lipinski definition) is 5. The number of ether oxygens (including phenoxy) is 1. The van der Waals surface area contributed by atoms with E-state index in [4.69, 9.17) is 15.6 Å². The van der Waals surface area contributed by atoms with E-state index in [9.17, 15) is 14.4 Å². The van der Waals surface area contributed by atoms with Crippen molar-refractivity contribution in [2.45, 2.75) is 65.1 Å². The lowest BCUT2D eigenvalue weighted by Gasteiger charge is -2.21. The summed E-state index contributed by atoms with van der Waals surface area (Å²) < 4.78 is 5.11. The molecule has 0 aromatic heterocycles. The number of rotatable bonds is 7. The van der Waals surface area contributed by atoms with Gasteiger partial charge in [0.25, 0.3) is 0 Å². The minimum absolute atomic E-state index is 0.00523. The van der Waals surface area contributed by atoms with Gasteiger partial charge >= 0.3 is 11.9 Å². The summed E-state index contributed by atoms with van der Waals surface area (Å²) in [4.78, 5) is 34.3. The highest BCUT2D eigenvalue weighted by atomic mass is 16.6. The number of amides is 1. The Morgan fingerprint density at radius 3 is 2.14 bits per heavy atom. The number of nitrogens with one attached hydrogen (secondary N) is 1. The second kappa shape index (κ2) is 7.97. The van der Waals surface area contributed by atoms with Gasteiger partial charge < -0.3 is 20.9 Å². The number of aliphatic carboxylic acids is 1. The first-order valence-electron chi connectivity index (χ1n) is 6.94. The van der Waals surface area contributed by atoms with Gasteiger partial charge in [-0.2, -0.15) is 0 Å². The lowest BCUT2D eigenvalue weighted by molar-refractivity contribution is -0.155. The molecule has 2 atom stereocenters. The first-order valence-corrected chi connectivity index (χ1v) is 6.94. The van der Waals surface area contributed by atoms with E-state index in [0.717, 1.165) is 0 Å². The number of nitrogens with two attached hydrogens (primary N) is 1. The van der Waals surface area contributed by atoms with E-state index in [-0.39, 0.29) is 18.8 Å². The molecule has 7 nitrogen and oxygen atoms in total. The second-order valence-corrected chi connectivity index (χ2v) is 6.30. The Morgan fingerprint density at radius 2 is 1.76 bits per heavy atom. The number of esters is 1. The number of carboxylic acids is 1. The van der Waals surface area contributed by atoms with Crippen molar-refractivity contribution in [2.24, 2.45) is 11.7 Å². The van der Waals surface area contributed by atoms with Gasteiger partial charge in [0.05, 0.1) is 6.04 Å². The van der Waals surface area contributed by atoms with E-state index >= 15 is 0 Å². The minimum atomic E-state index is -1.11. The summed E-state index contributed by atoms with van der Waals surface area (Å²) in [6, 6.07) is -1.94. The van der Waals surface area contributed by atoms with Crippen molar-refractivity contribution < 1.29 is 24.2 Å². The van der Waals surface area contributed by atoms with Crippen LogP contribution in [0.15, 0.2) is 0 Å². The predicted octanol–water partition coefficient (Wildman–Crippen LogP) is 0.661.